The number of carbonyl (C=O) groups is 1. The number of hydrogen-bond acceptors (Lipinski definition) is 3. The minimum absolute atomic E-state index is 0.0765. The zero-order valence-corrected chi connectivity index (χ0v) is 6.93. The molecule has 1 aromatic rings. The molecule has 1 rings (SSSR count). The number of nitrogens with zero attached hydrogens (tertiary/aromatic N) is 1. The summed E-state index contributed by atoms with van der Waals surface area (Å²) in [5.41, 5.74) is 0. The third kappa shape index (κ3) is 2.17. The van der Waals surface area contributed by atoms with Gasteiger partial charge in [-0.2, -0.15) is 0 Å². The van der Waals surface area contributed by atoms with Gasteiger partial charge in [-0.1, -0.05) is 11.6 Å². The lowest BCUT2D eigenvalue weighted by molar-refractivity contribution is -0.132. The van der Waals surface area contributed by atoms with E-state index in [-0.39, 0.29) is 10.9 Å². The van der Waals surface area contributed by atoms with E-state index < -0.39 is 11.8 Å². The van der Waals surface area contributed by atoms with Crippen LogP contribution in [-0.2, 0) is 4.79 Å². The maximum absolute atomic E-state index is 12.7. The summed E-state index contributed by atoms with van der Waals surface area (Å²) in [5.74, 6) is -1.52. The molecule has 3 nitrogen and oxygen atoms in total. The van der Waals surface area contributed by atoms with Crippen LogP contribution >= 0.6 is 11.6 Å². The van der Waals surface area contributed by atoms with Gasteiger partial charge >= 0.3 is 5.97 Å². The Kier molecular flexibility index (Phi) is 2.60. The van der Waals surface area contributed by atoms with Gasteiger partial charge in [0.25, 0.3) is 0 Å². The molecule has 0 aliphatic carbocycles. The van der Waals surface area contributed by atoms with Crippen molar-refractivity contribution in [2.75, 3.05) is 0 Å². The number of ether oxygens (including phenoxy) is 1. The van der Waals surface area contributed by atoms with E-state index in [9.17, 15) is 9.18 Å². The van der Waals surface area contributed by atoms with E-state index >= 15 is 0 Å². The minimum atomic E-state index is -0.713. The van der Waals surface area contributed by atoms with E-state index in [1.54, 1.807) is 0 Å². The zero-order chi connectivity index (χ0) is 9.14. The number of aromatic nitrogens is 1. The highest BCUT2D eigenvalue weighted by molar-refractivity contribution is 6.29. The third-order valence-electron chi connectivity index (χ3n) is 1.04. The molecule has 0 saturated heterocycles. The summed E-state index contributed by atoms with van der Waals surface area (Å²) in [6.45, 7) is 1.17. The number of carbonyl (C=O) groups excluding carboxylic acids is 1. The molecule has 0 fully saturated rings. The largest absolute Gasteiger partial charge is 0.423 e. The Morgan fingerprint density at radius 2 is 2.42 bits per heavy atom. The summed E-state index contributed by atoms with van der Waals surface area (Å²) in [4.78, 5) is 13.9. The first kappa shape index (κ1) is 8.93. The fraction of sp³-hybridized carbons (Fsp3) is 0.143. The van der Waals surface area contributed by atoms with Crippen molar-refractivity contribution in [1.29, 1.82) is 0 Å². The number of hydrogen-bond donors (Lipinski definition) is 0. The molecule has 0 N–H and O–H groups in total. The maximum atomic E-state index is 12.7. The molecule has 1 aromatic heterocycles. The molecule has 64 valence electrons. The summed E-state index contributed by atoms with van der Waals surface area (Å²) in [6.07, 6.45) is 0.889. The molecular weight excluding hydrogens is 185 g/mol. The normalized spacial score (nSPS) is 9.58. The lowest BCUT2D eigenvalue weighted by atomic mass is 10.4. The Morgan fingerprint density at radius 1 is 1.75 bits per heavy atom. The van der Waals surface area contributed by atoms with Crippen molar-refractivity contribution in [3.63, 3.8) is 0 Å². The molecule has 5 heteroatoms. The number of halogens is 2. The van der Waals surface area contributed by atoms with Crippen LogP contribution in [0, 0.1) is 5.82 Å². The summed E-state index contributed by atoms with van der Waals surface area (Å²) in [5, 5.41) is 0.0765. The first-order valence-corrected chi connectivity index (χ1v) is 3.47. The van der Waals surface area contributed by atoms with Gasteiger partial charge in [-0.15, -0.1) is 0 Å². The van der Waals surface area contributed by atoms with E-state index in [1.807, 2.05) is 0 Å². The molecule has 0 aliphatic heterocycles. The molecule has 1 heterocycles. The topological polar surface area (TPSA) is 39.2 Å². The second kappa shape index (κ2) is 3.49. The summed E-state index contributed by atoms with van der Waals surface area (Å²) < 4.78 is 17.2. The van der Waals surface area contributed by atoms with Gasteiger partial charge in [-0.25, -0.2) is 9.37 Å². The van der Waals surface area contributed by atoms with Crippen LogP contribution in [0.1, 0.15) is 6.92 Å². The first-order valence-electron chi connectivity index (χ1n) is 3.09. The SMILES string of the molecule is CC(=O)Oc1cc(Cl)ncc1F. The van der Waals surface area contributed by atoms with Crippen molar-refractivity contribution in [2.24, 2.45) is 0 Å². The van der Waals surface area contributed by atoms with E-state index in [2.05, 4.69) is 9.72 Å². The van der Waals surface area contributed by atoms with E-state index in [0.29, 0.717) is 0 Å². The fourth-order valence-corrected chi connectivity index (χ4v) is 0.777. The molecule has 0 unspecified atom stereocenters. The van der Waals surface area contributed by atoms with Crippen molar-refractivity contribution in [3.05, 3.63) is 23.2 Å². The smallest absolute Gasteiger partial charge is 0.308 e. The van der Waals surface area contributed by atoms with Crippen molar-refractivity contribution >= 4 is 17.6 Å². The average molecular weight is 190 g/mol. The van der Waals surface area contributed by atoms with Crippen molar-refractivity contribution < 1.29 is 13.9 Å². The molecule has 12 heavy (non-hydrogen) atoms. The molecule has 0 radical (unpaired) electrons. The van der Waals surface area contributed by atoms with Gasteiger partial charge in [0, 0.05) is 13.0 Å². The summed E-state index contributed by atoms with van der Waals surface area (Å²) in [6, 6.07) is 1.14. The van der Waals surface area contributed by atoms with E-state index in [1.165, 1.54) is 6.92 Å². The van der Waals surface area contributed by atoms with Crippen LogP contribution in [0.15, 0.2) is 12.3 Å². The predicted molar refractivity (Wildman–Crippen MR) is 40.5 cm³/mol. The quantitative estimate of drug-likeness (QED) is 0.500. The molecule has 0 amide bonds. The van der Waals surface area contributed by atoms with Gasteiger partial charge in [0.05, 0.1) is 6.20 Å². The van der Waals surface area contributed by atoms with Gasteiger partial charge in [-0.05, 0) is 0 Å². The summed E-state index contributed by atoms with van der Waals surface area (Å²) in [7, 11) is 0. The zero-order valence-electron chi connectivity index (χ0n) is 6.17. The molecule has 0 bridgehead atoms. The van der Waals surface area contributed by atoms with E-state index in [0.717, 1.165) is 12.3 Å². The van der Waals surface area contributed by atoms with Crippen molar-refractivity contribution in [2.45, 2.75) is 6.92 Å². The fourth-order valence-electron chi connectivity index (χ4n) is 0.629. The highest BCUT2D eigenvalue weighted by Gasteiger charge is 2.06. The first-order chi connectivity index (χ1) is 5.59. The Labute approximate surface area is 73.1 Å². The second-order valence-corrected chi connectivity index (χ2v) is 2.42. The minimum Gasteiger partial charge on any atom is -0.423 e. The second-order valence-electron chi connectivity index (χ2n) is 2.03. The van der Waals surface area contributed by atoms with Gasteiger partial charge in [-0.3, -0.25) is 4.79 Å². The molecule has 0 aromatic carbocycles. The van der Waals surface area contributed by atoms with Crippen molar-refractivity contribution in [1.82, 2.24) is 4.98 Å². The summed E-state index contributed by atoms with van der Waals surface area (Å²) >= 11 is 5.43. The van der Waals surface area contributed by atoms with Crippen LogP contribution < -0.4 is 4.74 Å². The lowest BCUT2D eigenvalue weighted by Crippen LogP contribution is -2.03. The van der Waals surface area contributed by atoms with Crippen LogP contribution in [-0.4, -0.2) is 11.0 Å². The van der Waals surface area contributed by atoms with Crippen LogP contribution in [0.25, 0.3) is 0 Å². The predicted octanol–water partition coefficient (Wildman–Crippen LogP) is 1.80. The van der Waals surface area contributed by atoms with Crippen LogP contribution in [0.2, 0.25) is 5.15 Å². The number of rotatable bonds is 1. The average Bonchev–Trinajstić information content (AvgIpc) is 1.96. The van der Waals surface area contributed by atoms with Gasteiger partial charge in [0.2, 0.25) is 0 Å². The standard InChI is InChI=1S/C7H5ClFNO2/c1-4(11)12-6-2-7(8)10-3-5(6)9/h2-3H,1H3. The maximum Gasteiger partial charge on any atom is 0.308 e. The highest BCUT2D eigenvalue weighted by Crippen LogP contribution is 2.19. The Morgan fingerprint density at radius 3 is 3.00 bits per heavy atom. The Balaban J connectivity index is 2.97. The van der Waals surface area contributed by atoms with Crippen molar-refractivity contribution in [3.8, 4) is 5.75 Å². The Bertz CT molecular complexity index is 316. The number of pyridine rings is 1. The molecule has 0 aliphatic rings. The molecule has 0 atom stereocenters. The molecule has 0 spiro atoms. The third-order valence-corrected chi connectivity index (χ3v) is 1.25. The number of esters is 1. The van der Waals surface area contributed by atoms with Crippen LogP contribution in [0.3, 0.4) is 0 Å². The van der Waals surface area contributed by atoms with E-state index in [4.69, 9.17) is 11.6 Å². The van der Waals surface area contributed by atoms with Gasteiger partial charge in [0.15, 0.2) is 11.6 Å². The molecule has 0 saturated carbocycles. The molecular formula is C7H5ClFNO2. The van der Waals surface area contributed by atoms with Gasteiger partial charge < -0.3 is 4.74 Å². The highest BCUT2D eigenvalue weighted by atomic mass is 35.5. The van der Waals surface area contributed by atoms with Crippen LogP contribution in [0.5, 0.6) is 5.75 Å². The lowest BCUT2D eigenvalue weighted by Gasteiger charge is -2.01. The monoisotopic (exact) mass is 189 g/mol. The van der Waals surface area contributed by atoms with Crippen LogP contribution in [0.4, 0.5) is 4.39 Å². The Hall–Kier alpha value is -1.16. The van der Waals surface area contributed by atoms with Gasteiger partial charge in [0.1, 0.15) is 5.15 Å².